The minimum Gasteiger partial charge on any atom is -0.469 e. The molecule has 0 saturated carbocycles. The van der Waals surface area contributed by atoms with Gasteiger partial charge in [0.2, 0.25) is 0 Å². The fraction of sp³-hybridized carbons (Fsp3) is 0.429. The third-order valence-electron chi connectivity index (χ3n) is 2.65. The van der Waals surface area contributed by atoms with Crippen molar-refractivity contribution in [3.05, 3.63) is 35.4 Å². The van der Waals surface area contributed by atoms with Crippen LogP contribution in [-0.4, -0.2) is 18.9 Å². The van der Waals surface area contributed by atoms with Crippen LogP contribution in [0.25, 0.3) is 0 Å². The lowest BCUT2D eigenvalue weighted by molar-refractivity contribution is -0.141. The minimum absolute atomic E-state index is 0.107. The second-order valence-corrected chi connectivity index (χ2v) is 4.10. The Hall–Kier alpha value is -1.64. The minimum atomic E-state index is -0.325. The monoisotopic (exact) mass is 234 g/mol. The standard InChI is InChI=1S/C14H18O3/c1-11-3-5-12(6-4-11)7-8-13(15)9-10-14(16)17-2/h3-6H,7-10H2,1-2H3. The molecule has 3 nitrogen and oxygen atoms in total. The molecule has 0 N–H and O–H groups in total. The molecule has 0 aliphatic heterocycles. The largest absolute Gasteiger partial charge is 0.469 e. The lowest BCUT2D eigenvalue weighted by Crippen LogP contribution is -2.06. The van der Waals surface area contributed by atoms with Gasteiger partial charge < -0.3 is 4.74 Å². The molecule has 0 aliphatic carbocycles. The molecular weight excluding hydrogens is 216 g/mol. The Labute approximate surface area is 102 Å². The van der Waals surface area contributed by atoms with Gasteiger partial charge in [-0.1, -0.05) is 29.8 Å². The van der Waals surface area contributed by atoms with E-state index in [0.717, 1.165) is 12.0 Å². The highest BCUT2D eigenvalue weighted by Gasteiger charge is 2.07. The quantitative estimate of drug-likeness (QED) is 0.710. The number of carbonyl (C=O) groups is 2. The highest BCUT2D eigenvalue weighted by atomic mass is 16.5. The van der Waals surface area contributed by atoms with E-state index in [-0.39, 0.29) is 24.6 Å². The molecule has 0 unspecified atom stereocenters. The van der Waals surface area contributed by atoms with Gasteiger partial charge in [0.15, 0.2) is 0 Å². The van der Waals surface area contributed by atoms with Crippen molar-refractivity contribution in [3.8, 4) is 0 Å². The number of hydrogen-bond acceptors (Lipinski definition) is 3. The number of hydrogen-bond donors (Lipinski definition) is 0. The maximum atomic E-state index is 11.5. The number of ether oxygens (including phenoxy) is 1. The summed E-state index contributed by atoms with van der Waals surface area (Å²) in [6.07, 6.45) is 1.68. The lowest BCUT2D eigenvalue weighted by Gasteiger charge is -2.02. The third kappa shape index (κ3) is 5.29. The van der Waals surface area contributed by atoms with Crippen LogP contribution < -0.4 is 0 Å². The molecule has 0 saturated heterocycles. The Morgan fingerprint density at radius 2 is 1.71 bits per heavy atom. The Morgan fingerprint density at radius 1 is 1.06 bits per heavy atom. The van der Waals surface area contributed by atoms with Crippen molar-refractivity contribution in [3.63, 3.8) is 0 Å². The van der Waals surface area contributed by atoms with E-state index in [4.69, 9.17) is 0 Å². The average molecular weight is 234 g/mol. The van der Waals surface area contributed by atoms with Crippen LogP contribution in [0.5, 0.6) is 0 Å². The molecule has 1 aromatic rings. The number of rotatable bonds is 6. The molecule has 0 atom stereocenters. The topological polar surface area (TPSA) is 43.4 Å². The van der Waals surface area contributed by atoms with Gasteiger partial charge in [-0.3, -0.25) is 9.59 Å². The van der Waals surface area contributed by atoms with E-state index >= 15 is 0 Å². The van der Waals surface area contributed by atoms with Crippen LogP contribution in [0.3, 0.4) is 0 Å². The third-order valence-corrected chi connectivity index (χ3v) is 2.65. The number of Topliss-reactive ketones (excluding diaryl/α,β-unsaturated/α-hetero) is 1. The average Bonchev–Trinajstić information content (AvgIpc) is 2.35. The van der Waals surface area contributed by atoms with Crippen molar-refractivity contribution < 1.29 is 14.3 Å². The summed E-state index contributed by atoms with van der Waals surface area (Å²) in [5.41, 5.74) is 2.37. The molecule has 0 heterocycles. The maximum absolute atomic E-state index is 11.5. The molecule has 1 aromatic carbocycles. The summed E-state index contributed by atoms with van der Waals surface area (Å²) in [5, 5.41) is 0. The second kappa shape index (κ2) is 6.84. The summed E-state index contributed by atoms with van der Waals surface area (Å²) in [5.74, 6) is -0.218. The van der Waals surface area contributed by atoms with Crippen molar-refractivity contribution in [2.24, 2.45) is 0 Å². The van der Waals surface area contributed by atoms with Crippen molar-refractivity contribution in [2.45, 2.75) is 32.6 Å². The van der Waals surface area contributed by atoms with Crippen molar-refractivity contribution in [2.75, 3.05) is 7.11 Å². The summed E-state index contributed by atoms with van der Waals surface area (Å²) in [6.45, 7) is 2.03. The highest BCUT2D eigenvalue weighted by Crippen LogP contribution is 2.07. The molecule has 0 spiro atoms. The zero-order chi connectivity index (χ0) is 12.7. The van der Waals surface area contributed by atoms with E-state index in [1.54, 1.807) is 0 Å². The summed E-state index contributed by atoms with van der Waals surface area (Å²) >= 11 is 0. The molecular formula is C14H18O3. The zero-order valence-corrected chi connectivity index (χ0v) is 10.4. The fourth-order valence-corrected chi connectivity index (χ4v) is 1.51. The first kappa shape index (κ1) is 13.4. The number of carbonyl (C=O) groups excluding carboxylic acids is 2. The molecule has 0 aliphatic rings. The number of methoxy groups -OCH3 is 1. The summed E-state index contributed by atoms with van der Waals surface area (Å²) in [7, 11) is 1.33. The molecule has 0 aromatic heterocycles. The molecule has 92 valence electrons. The fourth-order valence-electron chi connectivity index (χ4n) is 1.51. The Kier molecular flexibility index (Phi) is 5.40. The van der Waals surface area contributed by atoms with Gasteiger partial charge in [0.1, 0.15) is 5.78 Å². The van der Waals surface area contributed by atoms with Crippen LogP contribution in [0.2, 0.25) is 0 Å². The van der Waals surface area contributed by atoms with Crippen LogP contribution in [0.15, 0.2) is 24.3 Å². The van der Waals surface area contributed by atoms with Gasteiger partial charge in [-0.2, -0.15) is 0 Å². The van der Waals surface area contributed by atoms with Gasteiger partial charge in [-0.05, 0) is 18.9 Å². The molecule has 0 amide bonds. The number of aryl methyl sites for hydroxylation is 2. The van der Waals surface area contributed by atoms with E-state index in [9.17, 15) is 9.59 Å². The van der Waals surface area contributed by atoms with E-state index in [0.29, 0.717) is 6.42 Å². The van der Waals surface area contributed by atoms with Crippen LogP contribution in [0.1, 0.15) is 30.4 Å². The number of benzene rings is 1. The first-order chi connectivity index (χ1) is 8.11. The molecule has 0 fully saturated rings. The van der Waals surface area contributed by atoms with Crippen molar-refractivity contribution in [1.82, 2.24) is 0 Å². The van der Waals surface area contributed by atoms with Crippen LogP contribution >= 0.6 is 0 Å². The predicted molar refractivity (Wildman–Crippen MR) is 65.8 cm³/mol. The van der Waals surface area contributed by atoms with E-state index < -0.39 is 0 Å². The van der Waals surface area contributed by atoms with Gasteiger partial charge in [-0.15, -0.1) is 0 Å². The molecule has 0 bridgehead atoms. The van der Waals surface area contributed by atoms with Gasteiger partial charge in [0.25, 0.3) is 0 Å². The Bertz CT molecular complexity index is 379. The normalized spacial score (nSPS) is 10.0. The van der Waals surface area contributed by atoms with E-state index in [1.165, 1.54) is 12.7 Å². The van der Waals surface area contributed by atoms with Crippen LogP contribution in [0, 0.1) is 6.92 Å². The lowest BCUT2D eigenvalue weighted by atomic mass is 10.0. The SMILES string of the molecule is COC(=O)CCC(=O)CCc1ccc(C)cc1. The van der Waals surface area contributed by atoms with Crippen LogP contribution in [-0.2, 0) is 20.7 Å². The molecule has 17 heavy (non-hydrogen) atoms. The smallest absolute Gasteiger partial charge is 0.305 e. The molecule has 1 rings (SSSR count). The van der Waals surface area contributed by atoms with Gasteiger partial charge >= 0.3 is 5.97 Å². The van der Waals surface area contributed by atoms with E-state index in [1.807, 2.05) is 31.2 Å². The molecule has 3 heteroatoms. The van der Waals surface area contributed by atoms with Crippen molar-refractivity contribution >= 4 is 11.8 Å². The zero-order valence-electron chi connectivity index (χ0n) is 10.4. The highest BCUT2D eigenvalue weighted by molar-refractivity contribution is 5.83. The number of esters is 1. The predicted octanol–water partition coefficient (Wildman–Crippen LogP) is 2.45. The number of ketones is 1. The Balaban J connectivity index is 2.28. The van der Waals surface area contributed by atoms with Crippen molar-refractivity contribution in [1.29, 1.82) is 0 Å². The first-order valence-corrected chi connectivity index (χ1v) is 5.76. The second-order valence-electron chi connectivity index (χ2n) is 4.10. The summed E-state index contributed by atoms with van der Waals surface area (Å²) in [6, 6.07) is 8.13. The summed E-state index contributed by atoms with van der Waals surface area (Å²) < 4.78 is 4.49. The van der Waals surface area contributed by atoms with Gasteiger partial charge in [0.05, 0.1) is 13.5 Å². The summed E-state index contributed by atoms with van der Waals surface area (Å²) in [4.78, 5) is 22.3. The van der Waals surface area contributed by atoms with Gasteiger partial charge in [-0.25, -0.2) is 0 Å². The molecule has 0 radical (unpaired) electrons. The van der Waals surface area contributed by atoms with Gasteiger partial charge in [0, 0.05) is 12.8 Å². The first-order valence-electron chi connectivity index (χ1n) is 5.76. The van der Waals surface area contributed by atoms with Crippen LogP contribution in [0.4, 0.5) is 0 Å². The Morgan fingerprint density at radius 3 is 2.29 bits per heavy atom. The maximum Gasteiger partial charge on any atom is 0.305 e. The van der Waals surface area contributed by atoms with E-state index in [2.05, 4.69) is 4.74 Å².